The minimum atomic E-state index is -0.625. The lowest BCUT2D eigenvalue weighted by Gasteiger charge is -2.17. The fraction of sp³-hybridized carbons (Fsp3) is 0.222. The number of carbonyl (C=O) groups excluding carboxylic acids is 2. The molecule has 2 aromatic carbocycles. The van der Waals surface area contributed by atoms with Gasteiger partial charge < -0.3 is 15.0 Å². The first kappa shape index (κ1) is 18.9. The van der Waals surface area contributed by atoms with Crippen LogP contribution in [0.25, 0.3) is 0 Å². The maximum Gasteiger partial charge on any atom is 0.311 e. The Kier molecular flexibility index (Phi) is 5.90. The maximum absolute atomic E-state index is 12.4. The molecule has 0 unspecified atom stereocenters. The molecule has 26 heavy (non-hydrogen) atoms. The summed E-state index contributed by atoms with van der Waals surface area (Å²) in [6.07, 6.45) is 0. The number of rotatable bonds is 6. The number of nitrogens with zero attached hydrogens (tertiary/aromatic N) is 2. The second-order valence-electron chi connectivity index (χ2n) is 5.72. The zero-order chi connectivity index (χ0) is 19.3. The summed E-state index contributed by atoms with van der Waals surface area (Å²) < 4.78 is 4.91. The lowest BCUT2D eigenvalue weighted by atomic mass is 10.1. The molecular weight excluding hydrogens is 338 g/mol. The van der Waals surface area contributed by atoms with Crippen molar-refractivity contribution in [2.24, 2.45) is 0 Å². The average Bonchev–Trinajstić information content (AvgIpc) is 2.62. The third-order valence-corrected chi connectivity index (χ3v) is 3.69. The van der Waals surface area contributed by atoms with Crippen molar-refractivity contribution in [2.75, 3.05) is 26.0 Å². The predicted molar refractivity (Wildman–Crippen MR) is 96.4 cm³/mol. The van der Waals surface area contributed by atoms with E-state index in [0.29, 0.717) is 5.69 Å². The van der Waals surface area contributed by atoms with Crippen LogP contribution in [-0.4, -0.2) is 42.3 Å². The van der Waals surface area contributed by atoms with Gasteiger partial charge in [0.2, 0.25) is 5.91 Å². The van der Waals surface area contributed by atoms with Crippen molar-refractivity contribution in [1.29, 1.82) is 0 Å². The fourth-order valence-electron chi connectivity index (χ4n) is 2.31. The van der Waals surface area contributed by atoms with Gasteiger partial charge in [-0.2, -0.15) is 0 Å². The Hall–Kier alpha value is -3.42. The molecule has 0 aliphatic rings. The van der Waals surface area contributed by atoms with Crippen LogP contribution in [0.3, 0.4) is 0 Å². The van der Waals surface area contributed by atoms with E-state index >= 15 is 0 Å². The summed E-state index contributed by atoms with van der Waals surface area (Å²) in [5, 5.41) is 13.8. The molecule has 0 saturated carbocycles. The normalized spacial score (nSPS) is 10.1. The number of benzene rings is 2. The summed E-state index contributed by atoms with van der Waals surface area (Å²) in [5.41, 5.74) is 1.48. The second kappa shape index (κ2) is 8.11. The first-order valence-electron chi connectivity index (χ1n) is 7.76. The largest absolute Gasteiger partial charge is 0.490 e. The highest BCUT2D eigenvalue weighted by atomic mass is 16.6. The van der Waals surface area contributed by atoms with Gasteiger partial charge in [0.05, 0.1) is 18.6 Å². The standard InChI is InChI=1S/C18H19N3O5/c1-12-4-7-14(8-5-12)19-17(22)11-20(2)18(23)13-6-9-16(26-3)15(10-13)21(24)25/h4-10H,11H2,1-3H3,(H,19,22). The van der Waals surface area contributed by atoms with Crippen LogP contribution in [0, 0.1) is 17.0 Å². The van der Waals surface area contributed by atoms with Crippen LogP contribution in [0.5, 0.6) is 5.75 Å². The van der Waals surface area contributed by atoms with Gasteiger partial charge in [0.25, 0.3) is 5.91 Å². The number of likely N-dealkylation sites (N-methyl/N-ethyl adjacent to an activating group) is 1. The Morgan fingerprint density at radius 3 is 2.42 bits per heavy atom. The summed E-state index contributed by atoms with van der Waals surface area (Å²) in [4.78, 5) is 36.2. The van der Waals surface area contributed by atoms with Crippen LogP contribution >= 0.6 is 0 Å². The van der Waals surface area contributed by atoms with Crippen molar-refractivity contribution in [1.82, 2.24) is 4.90 Å². The molecule has 2 amide bonds. The van der Waals surface area contributed by atoms with Gasteiger partial charge in [-0.3, -0.25) is 19.7 Å². The van der Waals surface area contributed by atoms with Gasteiger partial charge in [0.15, 0.2) is 5.75 Å². The van der Waals surface area contributed by atoms with Gasteiger partial charge in [-0.15, -0.1) is 0 Å². The quantitative estimate of drug-likeness (QED) is 0.632. The molecule has 1 N–H and O–H groups in total. The highest BCUT2D eigenvalue weighted by Gasteiger charge is 2.21. The van der Waals surface area contributed by atoms with E-state index in [9.17, 15) is 19.7 Å². The minimum absolute atomic E-state index is 0.0614. The van der Waals surface area contributed by atoms with Crippen LogP contribution in [0.2, 0.25) is 0 Å². The first-order valence-corrected chi connectivity index (χ1v) is 7.76. The van der Waals surface area contributed by atoms with Crippen molar-refractivity contribution >= 4 is 23.2 Å². The number of nitro benzene ring substituents is 1. The van der Waals surface area contributed by atoms with Crippen LogP contribution in [-0.2, 0) is 4.79 Å². The lowest BCUT2D eigenvalue weighted by molar-refractivity contribution is -0.385. The molecule has 0 fully saturated rings. The van der Waals surface area contributed by atoms with E-state index in [1.54, 1.807) is 12.1 Å². The molecule has 0 aromatic heterocycles. The summed E-state index contributed by atoms with van der Waals surface area (Å²) in [7, 11) is 2.76. The van der Waals surface area contributed by atoms with E-state index in [0.717, 1.165) is 11.6 Å². The van der Waals surface area contributed by atoms with Gasteiger partial charge in [-0.25, -0.2) is 0 Å². The number of nitro groups is 1. The van der Waals surface area contributed by atoms with Crippen molar-refractivity contribution in [3.05, 3.63) is 63.7 Å². The number of aryl methyl sites for hydroxylation is 1. The summed E-state index contributed by atoms with van der Waals surface area (Å²) in [6, 6.07) is 11.2. The smallest absolute Gasteiger partial charge is 0.311 e. The van der Waals surface area contributed by atoms with Crippen molar-refractivity contribution in [3.8, 4) is 5.75 Å². The fourth-order valence-corrected chi connectivity index (χ4v) is 2.31. The Balaban J connectivity index is 2.07. The van der Waals surface area contributed by atoms with E-state index in [1.807, 2.05) is 19.1 Å². The maximum atomic E-state index is 12.4. The zero-order valence-corrected chi connectivity index (χ0v) is 14.7. The van der Waals surface area contributed by atoms with E-state index < -0.39 is 10.8 Å². The number of nitrogens with one attached hydrogen (secondary N) is 1. The van der Waals surface area contributed by atoms with Crippen molar-refractivity contribution in [2.45, 2.75) is 6.92 Å². The Labute approximate surface area is 150 Å². The van der Waals surface area contributed by atoms with Gasteiger partial charge in [-0.05, 0) is 31.2 Å². The lowest BCUT2D eigenvalue weighted by Crippen LogP contribution is -2.34. The van der Waals surface area contributed by atoms with Crippen LogP contribution < -0.4 is 10.1 Å². The summed E-state index contributed by atoms with van der Waals surface area (Å²) in [5.74, 6) is -0.811. The van der Waals surface area contributed by atoms with Crippen LogP contribution in [0.4, 0.5) is 11.4 Å². The SMILES string of the molecule is COc1ccc(C(=O)N(C)CC(=O)Nc2ccc(C)cc2)cc1[N+](=O)[O-]. The first-order chi connectivity index (χ1) is 12.3. The number of anilines is 1. The molecule has 2 rings (SSSR count). The molecule has 0 radical (unpaired) electrons. The van der Waals surface area contributed by atoms with Gasteiger partial charge in [0.1, 0.15) is 0 Å². The number of ether oxygens (including phenoxy) is 1. The summed E-state index contributed by atoms with van der Waals surface area (Å²) in [6.45, 7) is 1.75. The molecule has 8 heteroatoms. The molecule has 0 atom stereocenters. The molecule has 0 bridgehead atoms. The van der Waals surface area contributed by atoms with Crippen LogP contribution in [0.1, 0.15) is 15.9 Å². The minimum Gasteiger partial charge on any atom is -0.490 e. The Morgan fingerprint density at radius 2 is 1.85 bits per heavy atom. The molecule has 2 aromatic rings. The molecule has 0 heterocycles. The predicted octanol–water partition coefficient (Wildman–Crippen LogP) is 2.62. The highest BCUT2D eigenvalue weighted by molar-refractivity contribution is 5.99. The van der Waals surface area contributed by atoms with E-state index in [2.05, 4.69) is 5.32 Å². The highest BCUT2D eigenvalue weighted by Crippen LogP contribution is 2.27. The van der Waals surface area contributed by atoms with Gasteiger partial charge in [-0.1, -0.05) is 17.7 Å². The van der Waals surface area contributed by atoms with E-state index in [-0.39, 0.29) is 29.5 Å². The second-order valence-corrected chi connectivity index (χ2v) is 5.72. The molecule has 0 aliphatic carbocycles. The molecule has 0 saturated heterocycles. The van der Waals surface area contributed by atoms with Crippen molar-refractivity contribution < 1.29 is 19.2 Å². The molecule has 0 spiro atoms. The van der Waals surface area contributed by atoms with Crippen LogP contribution in [0.15, 0.2) is 42.5 Å². The van der Waals surface area contributed by atoms with Crippen molar-refractivity contribution in [3.63, 3.8) is 0 Å². The zero-order valence-electron chi connectivity index (χ0n) is 14.7. The average molecular weight is 357 g/mol. The number of carbonyl (C=O) groups is 2. The van der Waals surface area contributed by atoms with Gasteiger partial charge in [0, 0.05) is 24.4 Å². The Morgan fingerprint density at radius 1 is 1.19 bits per heavy atom. The molecule has 8 nitrogen and oxygen atoms in total. The summed E-state index contributed by atoms with van der Waals surface area (Å²) >= 11 is 0. The van der Waals surface area contributed by atoms with Gasteiger partial charge >= 0.3 is 5.69 Å². The monoisotopic (exact) mass is 357 g/mol. The molecule has 0 aliphatic heterocycles. The van der Waals surface area contributed by atoms with E-state index in [4.69, 9.17) is 4.74 Å². The third kappa shape index (κ3) is 4.56. The number of methoxy groups -OCH3 is 1. The topological polar surface area (TPSA) is 102 Å². The number of hydrogen-bond donors (Lipinski definition) is 1. The third-order valence-electron chi connectivity index (χ3n) is 3.69. The number of hydrogen-bond acceptors (Lipinski definition) is 5. The Bertz CT molecular complexity index is 833. The molecule has 136 valence electrons. The van der Waals surface area contributed by atoms with E-state index in [1.165, 1.54) is 31.2 Å². The number of amides is 2. The molecular formula is C18H19N3O5.